The van der Waals surface area contributed by atoms with Crippen molar-refractivity contribution in [3.8, 4) is 0 Å². The number of halogens is 2. The van der Waals surface area contributed by atoms with E-state index in [1.165, 1.54) is 13.2 Å². The second kappa shape index (κ2) is 5.49. The molecule has 0 spiro atoms. The summed E-state index contributed by atoms with van der Waals surface area (Å²) in [5.74, 6) is -0.692. The molecular weight excluding hydrogens is 289 g/mol. The third-order valence-corrected chi connectivity index (χ3v) is 2.88. The van der Waals surface area contributed by atoms with Gasteiger partial charge in [0.25, 0.3) is 0 Å². The summed E-state index contributed by atoms with van der Waals surface area (Å²) in [6.07, 6.45) is 0. The van der Waals surface area contributed by atoms with E-state index in [2.05, 4.69) is 26.0 Å². The Bertz CT molecular complexity index is 421. The molecule has 0 unspecified atom stereocenters. The lowest BCUT2D eigenvalue weighted by Gasteiger charge is -2.22. The van der Waals surface area contributed by atoms with Crippen LogP contribution >= 0.6 is 15.9 Å². The average Bonchev–Trinajstić information content (AvgIpc) is 2.26. The van der Waals surface area contributed by atoms with Gasteiger partial charge < -0.3 is 10.1 Å². The molecule has 17 heavy (non-hydrogen) atoms. The first-order valence-electron chi connectivity index (χ1n) is 5.14. The van der Waals surface area contributed by atoms with Crippen LogP contribution in [-0.2, 0) is 9.53 Å². The monoisotopic (exact) mass is 303 g/mol. The van der Waals surface area contributed by atoms with E-state index >= 15 is 0 Å². The molecule has 3 nitrogen and oxygen atoms in total. The molecule has 0 aliphatic heterocycles. The van der Waals surface area contributed by atoms with Gasteiger partial charge in [-0.1, -0.05) is 15.9 Å². The van der Waals surface area contributed by atoms with E-state index in [1.807, 2.05) is 0 Å². The molecular formula is C12H15BrFNO2. The summed E-state index contributed by atoms with van der Waals surface area (Å²) >= 11 is 3.18. The Hall–Kier alpha value is -1.10. The highest BCUT2D eigenvalue weighted by atomic mass is 79.9. The lowest BCUT2D eigenvalue weighted by atomic mass is 9.93. The van der Waals surface area contributed by atoms with Crippen LogP contribution < -0.4 is 5.32 Å². The van der Waals surface area contributed by atoms with Crippen LogP contribution in [0.1, 0.15) is 13.8 Å². The van der Waals surface area contributed by atoms with E-state index in [9.17, 15) is 9.18 Å². The lowest BCUT2D eigenvalue weighted by Crippen LogP contribution is -2.33. The maximum Gasteiger partial charge on any atom is 0.313 e. The molecule has 1 aromatic rings. The first-order valence-corrected chi connectivity index (χ1v) is 5.93. The van der Waals surface area contributed by atoms with Gasteiger partial charge in [0.1, 0.15) is 5.82 Å². The van der Waals surface area contributed by atoms with Crippen molar-refractivity contribution in [3.63, 3.8) is 0 Å². The van der Waals surface area contributed by atoms with Gasteiger partial charge in [-0.3, -0.25) is 4.79 Å². The number of hydrogen-bond acceptors (Lipinski definition) is 3. The van der Waals surface area contributed by atoms with E-state index in [-0.39, 0.29) is 11.8 Å². The van der Waals surface area contributed by atoms with Crippen LogP contribution in [0.25, 0.3) is 0 Å². The molecule has 0 fully saturated rings. The van der Waals surface area contributed by atoms with Gasteiger partial charge in [-0.2, -0.15) is 0 Å². The van der Waals surface area contributed by atoms with Crippen molar-refractivity contribution in [1.82, 2.24) is 0 Å². The van der Waals surface area contributed by atoms with Crippen molar-refractivity contribution in [2.45, 2.75) is 13.8 Å². The Kier molecular flexibility index (Phi) is 4.51. The van der Waals surface area contributed by atoms with Crippen molar-refractivity contribution >= 4 is 27.6 Å². The summed E-state index contributed by atoms with van der Waals surface area (Å²) in [6.45, 7) is 3.78. The molecule has 0 bridgehead atoms. The Morgan fingerprint density at radius 2 is 2.18 bits per heavy atom. The highest BCUT2D eigenvalue weighted by Crippen LogP contribution is 2.22. The van der Waals surface area contributed by atoms with Crippen LogP contribution in [-0.4, -0.2) is 19.6 Å². The van der Waals surface area contributed by atoms with Crippen LogP contribution in [0.5, 0.6) is 0 Å². The molecule has 1 rings (SSSR count). The van der Waals surface area contributed by atoms with E-state index in [1.54, 1.807) is 26.0 Å². The lowest BCUT2D eigenvalue weighted by molar-refractivity contribution is -0.149. The number of carbonyl (C=O) groups is 1. The van der Waals surface area contributed by atoms with E-state index < -0.39 is 5.41 Å². The van der Waals surface area contributed by atoms with Gasteiger partial charge in [-0.15, -0.1) is 0 Å². The minimum Gasteiger partial charge on any atom is -0.469 e. The number of anilines is 1. The fraction of sp³-hybridized carbons (Fsp3) is 0.417. The van der Waals surface area contributed by atoms with Crippen molar-refractivity contribution in [2.24, 2.45) is 5.41 Å². The predicted octanol–water partition coefficient (Wildman–Crippen LogP) is 3.20. The van der Waals surface area contributed by atoms with Crippen molar-refractivity contribution in [3.05, 3.63) is 28.5 Å². The molecule has 0 aromatic heterocycles. The summed E-state index contributed by atoms with van der Waals surface area (Å²) in [5.41, 5.74) is -0.334. The summed E-state index contributed by atoms with van der Waals surface area (Å²) in [5, 5.41) is 2.90. The molecule has 0 saturated heterocycles. The fourth-order valence-electron chi connectivity index (χ4n) is 1.30. The summed E-state index contributed by atoms with van der Waals surface area (Å²) < 4.78 is 18.8. The number of carbonyl (C=O) groups excluding carboxylic acids is 1. The van der Waals surface area contributed by atoms with Gasteiger partial charge in [-0.25, -0.2) is 4.39 Å². The number of ether oxygens (including phenoxy) is 1. The van der Waals surface area contributed by atoms with Crippen molar-refractivity contribution in [2.75, 3.05) is 19.0 Å². The van der Waals surface area contributed by atoms with Gasteiger partial charge in [0, 0.05) is 11.0 Å². The van der Waals surface area contributed by atoms with Gasteiger partial charge in [0.05, 0.1) is 18.2 Å². The van der Waals surface area contributed by atoms with Crippen LogP contribution in [0.2, 0.25) is 0 Å². The number of hydrogen-bond donors (Lipinski definition) is 1. The maximum absolute atomic E-state index is 13.5. The minimum absolute atomic E-state index is 0.304. The summed E-state index contributed by atoms with van der Waals surface area (Å²) in [4.78, 5) is 11.4. The smallest absolute Gasteiger partial charge is 0.313 e. The average molecular weight is 304 g/mol. The Morgan fingerprint density at radius 3 is 2.71 bits per heavy atom. The molecule has 0 amide bonds. The number of esters is 1. The maximum atomic E-state index is 13.5. The zero-order valence-electron chi connectivity index (χ0n) is 10.0. The Morgan fingerprint density at radius 1 is 1.53 bits per heavy atom. The molecule has 0 saturated carbocycles. The molecule has 94 valence electrons. The largest absolute Gasteiger partial charge is 0.469 e. The normalized spacial score (nSPS) is 11.1. The van der Waals surface area contributed by atoms with E-state index in [4.69, 9.17) is 0 Å². The molecule has 0 atom stereocenters. The number of methoxy groups -OCH3 is 1. The number of rotatable bonds is 4. The molecule has 5 heteroatoms. The predicted molar refractivity (Wildman–Crippen MR) is 68.4 cm³/mol. The van der Waals surface area contributed by atoms with Crippen LogP contribution in [0.3, 0.4) is 0 Å². The van der Waals surface area contributed by atoms with Gasteiger partial charge in [0.15, 0.2) is 0 Å². The fourth-order valence-corrected chi connectivity index (χ4v) is 1.63. The van der Waals surface area contributed by atoms with Crippen LogP contribution in [0.4, 0.5) is 10.1 Å². The zero-order valence-corrected chi connectivity index (χ0v) is 11.6. The molecule has 0 aliphatic carbocycles. The molecule has 0 radical (unpaired) electrons. The van der Waals surface area contributed by atoms with Crippen molar-refractivity contribution in [1.29, 1.82) is 0 Å². The summed E-state index contributed by atoms with van der Waals surface area (Å²) in [6, 6.07) is 4.72. The zero-order chi connectivity index (χ0) is 13.1. The first-order chi connectivity index (χ1) is 7.86. The van der Waals surface area contributed by atoms with Gasteiger partial charge in [0.2, 0.25) is 0 Å². The second-order valence-electron chi connectivity index (χ2n) is 4.35. The molecule has 1 aromatic carbocycles. The molecule has 0 aliphatic rings. The first kappa shape index (κ1) is 14.0. The molecule has 1 N–H and O–H groups in total. The van der Waals surface area contributed by atoms with Gasteiger partial charge >= 0.3 is 5.97 Å². The quantitative estimate of drug-likeness (QED) is 0.868. The Balaban J connectivity index is 2.70. The Labute approximate surface area is 108 Å². The van der Waals surface area contributed by atoms with E-state index in [0.717, 1.165) is 0 Å². The van der Waals surface area contributed by atoms with Crippen LogP contribution in [0, 0.1) is 11.2 Å². The number of benzene rings is 1. The minimum atomic E-state index is -0.700. The standard InChI is InChI=1S/C12H15BrFNO2/c1-12(2,11(16)17-3)7-15-10-5-4-8(13)6-9(10)14/h4-6,15H,7H2,1-3H3. The number of nitrogens with one attached hydrogen (secondary N) is 1. The highest BCUT2D eigenvalue weighted by Gasteiger charge is 2.28. The van der Waals surface area contributed by atoms with E-state index in [0.29, 0.717) is 16.7 Å². The SMILES string of the molecule is COC(=O)C(C)(C)CNc1ccc(Br)cc1F. The van der Waals surface area contributed by atoms with Gasteiger partial charge in [-0.05, 0) is 32.0 Å². The highest BCUT2D eigenvalue weighted by molar-refractivity contribution is 9.10. The third kappa shape index (κ3) is 3.70. The summed E-state index contributed by atoms with van der Waals surface area (Å²) in [7, 11) is 1.34. The third-order valence-electron chi connectivity index (χ3n) is 2.39. The topological polar surface area (TPSA) is 38.3 Å². The molecule has 0 heterocycles. The van der Waals surface area contributed by atoms with Crippen LogP contribution in [0.15, 0.2) is 22.7 Å². The second-order valence-corrected chi connectivity index (χ2v) is 5.27. The van der Waals surface area contributed by atoms with Crippen molar-refractivity contribution < 1.29 is 13.9 Å².